The molecule has 0 bridgehead atoms. The van der Waals surface area contributed by atoms with Gasteiger partial charge in [0.25, 0.3) is 0 Å². The van der Waals surface area contributed by atoms with Crippen molar-refractivity contribution in [3.63, 3.8) is 0 Å². The maximum atomic E-state index is 5.44. The minimum atomic E-state index is 0.381. The Morgan fingerprint density at radius 3 is 3.14 bits per heavy atom. The van der Waals surface area contributed by atoms with Gasteiger partial charge in [-0.3, -0.25) is 4.68 Å². The second-order valence-electron chi connectivity index (χ2n) is 5.45. The van der Waals surface area contributed by atoms with Crippen LogP contribution in [0.15, 0.2) is 28.9 Å². The number of benzene rings is 1. The molecule has 1 aliphatic carbocycles. The van der Waals surface area contributed by atoms with Crippen LogP contribution in [0.5, 0.6) is 5.75 Å². The number of nitrogens with one attached hydrogen (secondary N) is 1. The number of hydrogen-bond donors (Lipinski definition) is 1. The fourth-order valence-electron chi connectivity index (χ4n) is 3.04. The highest BCUT2D eigenvalue weighted by Gasteiger charge is 2.23. The minimum absolute atomic E-state index is 0.381. The number of methoxy groups -OCH3 is 1. The predicted octanol–water partition coefficient (Wildman–Crippen LogP) is 3.36. The summed E-state index contributed by atoms with van der Waals surface area (Å²) in [4.78, 5) is 0. The molecule has 0 spiro atoms. The topological polar surface area (TPSA) is 39.1 Å². The van der Waals surface area contributed by atoms with E-state index in [1.54, 1.807) is 7.11 Å². The van der Waals surface area contributed by atoms with Crippen LogP contribution in [-0.2, 0) is 20.0 Å². The molecule has 4 nitrogen and oxygen atoms in total. The summed E-state index contributed by atoms with van der Waals surface area (Å²) < 4.78 is 8.51. The molecule has 2 aromatic rings. The summed E-state index contributed by atoms with van der Waals surface area (Å²) in [5.41, 5.74) is 3.88. The second-order valence-corrected chi connectivity index (χ2v) is 6.37. The molecule has 5 heteroatoms. The number of fused-ring (bicyclic) bond motifs is 1. The van der Waals surface area contributed by atoms with Crippen LogP contribution in [-0.4, -0.2) is 16.9 Å². The van der Waals surface area contributed by atoms with E-state index >= 15 is 0 Å². The van der Waals surface area contributed by atoms with Crippen molar-refractivity contribution in [3.8, 4) is 5.75 Å². The van der Waals surface area contributed by atoms with E-state index in [4.69, 9.17) is 4.74 Å². The van der Waals surface area contributed by atoms with Gasteiger partial charge in [-0.05, 0) is 37.5 Å². The molecule has 0 amide bonds. The SMILES string of the molecule is COc1ccc(Br)cc1CNC1CCCc2c1cnn2C. The lowest BCUT2D eigenvalue weighted by molar-refractivity contribution is 0.400. The lowest BCUT2D eigenvalue weighted by Gasteiger charge is -2.24. The number of aryl methyl sites for hydroxylation is 1. The fourth-order valence-corrected chi connectivity index (χ4v) is 3.45. The Hall–Kier alpha value is -1.33. The molecular formula is C16H20BrN3O. The van der Waals surface area contributed by atoms with Gasteiger partial charge in [-0.25, -0.2) is 0 Å². The van der Waals surface area contributed by atoms with Gasteiger partial charge in [-0.1, -0.05) is 15.9 Å². The third-order valence-corrected chi connectivity index (χ3v) is 4.65. The number of hydrogen-bond acceptors (Lipinski definition) is 3. The Bertz CT molecular complexity index is 638. The van der Waals surface area contributed by atoms with Gasteiger partial charge in [0, 0.05) is 40.9 Å². The van der Waals surface area contributed by atoms with Crippen LogP contribution in [0.25, 0.3) is 0 Å². The number of rotatable bonds is 4. The fraction of sp³-hybridized carbons (Fsp3) is 0.438. The zero-order valence-electron chi connectivity index (χ0n) is 12.4. The van der Waals surface area contributed by atoms with E-state index in [0.717, 1.165) is 29.6 Å². The standard InChI is InChI=1S/C16H20BrN3O/c1-20-15-5-3-4-14(13(15)10-19-20)18-9-11-8-12(17)6-7-16(11)21-2/h6-8,10,14,18H,3-5,9H2,1-2H3. The lowest BCUT2D eigenvalue weighted by atomic mass is 9.93. The Morgan fingerprint density at radius 2 is 2.33 bits per heavy atom. The first kappa shape index (κ1) is 14.6. The molecule has 1 heterocycles. The molecule has 1 N–H and O–H groups in total. The molecule has 0 saturated heterocycles. The maximum Gasteiger partial charge on any atom is 0.123 e. The first-order chi connectivity index (χ1) is 10.2. The molecule has 1 unspecified atom stereocenters. The van der Waals surface area contributed by atoms with Crippen molar-refractivity contribution >= 4 is 15.9 Å². The van der Waals surface area contributed by atoms with Crippen LogP contribution in [0.2, 0.25) is 0 Å². The monoisotopic (exact) mass is 349 g/mol. The Kier molecular flexibility index (Phi) is 4.31. The van der Waals surface area contributed by atoms with Gasteiger partial charge in [0.15, 0.2) is 0 Å². The summed E-state index contributed by atoms with van der Waals surface area (Å²) >= 11 is 3.52. The van der Waals surface area contributed by atoms with Crippen molar-refractivity contribution in [2.75, 3.05) is 7.11 Å². The van der Waals surface area contributed by atoms with Gasteiger partial charge in [0.05, 0.1) is 13.3 Å². The highest BCUT2D eigenvalue weighted by Crippen LogP contribution is 2.30. The zero-order valence-corrected chi connectivity index (χ0v) is 14.0. The molecule has 0 fully saturated rings. The van der Waals surface area contributed by atoms with E-state index in [2.05, 4.69) is 32.4 Å². The van der Waals surface area contributed by atoms with Crippen LogP contribution >= 0.6 is 15.9 Å². The van der Waals surface area contributed by atoms with Crippen LogP contribution in [0, 0.1) is 0 Å². The summed E-state index contributed by atoms with van der Waals surface area (Å²) in [6, 6.07) is 6.49. The highest BCUT2D eigenvalue weighted by atomic mass is 79.9. The van der Waals surface area contributed by atoms with E-state index in [9.17, 15) is 0 Å². The summed E-state index contributed by atoms with van der Waals surface area (Å²) in [7, 11) is 3.74. The number of ether oxygens (including phenoxy) is 1. The van der Waals surface area contributed by atoms with Crippen molar-refractivity contribution in [2.45, 2.75) is 31.8 Å². The number of halogens is 1. The summed E-state index contributed by atoms with van der Waals surface area (Å²) in [6.45, 7) is 0.793. The van der Waals surface area contributed by atoms with Crippen molar-refractivity contribution in [2.24, 2.45) is 7.05 Å². The van der Waals surface area contributed by atoms with Gasteiger partial charge in [0.2, 0.25) is 0 Å². The van der Waals surface area contributed by atoms with Gasteiger partial charge in [-0.15, -0.1) is 0 Å². The second kappa shape index (κ2) is 6.20. The Morgan fingerprint density at radius 1 is 1.48 bits per heavy atom. The molecule has 0 saturated carbocycles. The van der Waals surface area contributed by atoms with Crippen molar-refractivity contribution in [3.05, 3.63) is 45.7 Å². The lowest BCUT2D eigenvalue weighted by Crippen LogP contribution is -2.25. The van der Waals surface area contributed by atoms with Gasteiger partial charge in [-0.2, -0.15) is 5.10 Å². The summed E-state index contributed by atoms with van der Waals surface area (Å²) in [6.07, 6.45) is 5.50. The molecule has 1 aromatic heterocycles. The first-order valence-corrected chi connectivity index (χ1v) is 8.05. The summed E-state index contributed by atoms with van der Waals surface area (Å²) in [5, 5.41) is 8.05. The van der Waals surface area contributed by atoms with E-state index in [1.807, 2.05) is 30.1 Å². The van der Waals surface area contributed by atoms with Crippen molar-refractivity contribution in [1.29, 1.82) is 0 Å². The van der Waals surface area contributed by atoms with E-state index in [1.165, 1.54) is 23.2 Å². The quantitative estimate of drug-likeness (QED) is 0.919. The van der Waals surface area contributed by atoms with E-state index in [-0.39, 0.29) is 0 Å². The average molecular weight is 350 g/mol. The van der Waals surface area contributed by atoms with Gasteiger partial charge in [0.1, 0.15) is 5.75 Å². The molecule has 112 valence electrons. The van der Waals surface area contributed by atoms with Crippen LogP contribution in [0.1, 0.15) is 35.7 Å². The molecule has 3 rings (SSSR count). The van der Waals surface area contributed by atoms with Crippen LogP contribution in [0.3, 0.4) is 0 Å². The van der Waals surface area contributed by atoms with E-state index < -0.39 is 0 Å². The van der Waals surface area contributed by atoms with Gasteiger partial charge >= 0.3 is 0 Å². The van der Waals surface area contributed by atoms with Gasteiger partial charge < -0.3 is 10.1 Å². The van der Waals surface area contributed by atoms with Crippen LogP contribution < -0.4 is 10.1 Å². The number of nitrogens with zero attached hydrogens (tertiary/aromatic N) is 2. The normalized spacial score (nSPS) is 17.6. The zero-order chi connectivity index (χ0) is 14.8. The first-order valence-electron chi connectivity index (χ1n) is 7.25. The van der Waals surface area contributed by atoms with E-state index in [0.29, 0.717) is 6.04 Å². The van der Waals surface area contributed by atoms with Crippen molar-refractivity contribution in [1.82, 2.24) is 15.1 Å². The molecular weight excluding hydrogens is 330 g/mol. The minimum Gasteiger partial charge on any atom is -0.496 e. The third-order valence-electron chi connectivity index (χ3n) is 4.16. The molecule has 0 aliphatic heterocycles. The summed E-state index contributed by atoms with van der Waals surface area (Å²) in [5.74, 6) is 0.924. The van der Waals surface area contributed by atoms with Crippen molar-refractivity contribution < 1.29 is 4.74 Å². The smallest absolute Gasteiger partial charge is 0.123 e. The predicted molar refractivity (Wildman–Crippen MR) is 86.4 cm³/mol. The molecule has 1 aliphatic rings. The highest BCUT2D eigenvalue weighted by molar-refractivity contribution is 9.10. The van der Waals surface area contributed by atoms with Crippen LogP contribution in [0.4, 0.5) is 0 Å². The average Bonchev–Trinajstić information content (AvgIpc) is 2.87. The largest absolute Gasteiger partial charge is 0.496 e. The molecule has 1 atom stereocenters. The molecule has 0 radical (unpaired) electrons. The number of aromatic nitrogens is 2. The maximum absolute atomic E-state index is 5.44. The third kappa shape index (κ3) is 2.99. The Balaban J connectivity index is 1.76. The Labute approximate surface area is 133 Å². The molecule has 21 heavy (non-hydrogen) atoms. The molecule has 1 aromatic carbocycles.